The highest BCUT2D eigenvalue weighted by Gasteiger charge is 2.21. The molecule has 174 valence electrons. The maximum Gasteiger partial charge on any atom is 0.191 e. The second-order valence-electron chi connectivity index (χ2n) is 8.73. The molecule has 2 aliphatic rings. The molecule has 7 heteroatoms. The van der Waals surface area contributed by atoms with Crippen LogP contribution in [0.15, 0.2) is 29.3 Å². The van der Waals surface area contributed by atoms with Gasteiger partial charge in [-0.1, -0.05) is 24.3 Å². The van der Waals surface area contributed by atoms with Gasteiger partial charge in [-0.15, -0.1) is 0 Å². The number of fused-ring (bicyclic) bond motifs is 1. The zero-order valence-corrected chi connectivity index (χ0v) is 19.4. The molecule has 2 aliphatic heterocycles. The van der Waals surface area contributed by atoms with Gasteiger partial charge < -0.3 is 25.4 Å². The topological polar surface area (TPSA) is 72.4 Å². The number of ether oxygens (including phenoxy) is 1. The van der Waals surface area contributed by atoms with Crippen molar-refractivity contribution in [3.05, 3.63) is 35.4 Å². The van der Waals surface area contributed by atoms with Gasteiger partial charge in [0.2, 0.25) is 0 Å². The minimum atomic E-state index is -0.455. The summed E-state index contributed by atoms with van der Waals surface area (Å²) in [5.74, 6) is 0.823. The van der Waals surface area contributed by atoms with Crippen LogP contribution in [-0.2, 0) is 17.7 Å². The molecule has 1 atom stereocenters. The first-order valence-corrected chi connectivity index (χ1v) is 11.9. The summed E-state index contributed by atoms with van der Waals surface area (Å²) in [6, 6.07) is 9.06. The van der Waals surface area contributed by atoms with E-state index in [-0.39, 0.29) is 0 Å². The lowest BCUT2D eigenvalue weighted by atomic mass is 10.00. The van der Waals surface area contributed by atoms with E-state index in [0.717, 1.165) is 77.5 Å². The number of aliphatic hydroxyl groups is 1. The average molecular weight is 432 g/mol. The van der Waals surface area contributed by atoms with Crippen molar-refractivity contribution in [1.29, 1.82) is 0 Å². The Labute approximate surface area is 187 Å². The van der Waals surface area contributed by atoms with E-state index in [1.54, 1.807) is 7.11 Å². The van der Waals surface area contributed by atoms with Gasteiger partial charge in [0.15, 0.2) is 5.96 Å². The summed E-state index contributed by atoms with van der Waals surface area (Å²) in [7, 11) is 1.76. The third kappa shape index (κ3) is 8.07. The highest BCUT2D eigenvalue weighted by molar-refractivity contribution is 5.80. The molecule has 0 saturated carbocycles. The Morgan fingerprint density at radius 1 is 1.19 bits per heavy atom. The summed E-state index contributed by atoms with van der Waals surface area (Å²) in [6.45, 7) is 10.1. The van der Waals surface area contributed by atoms with Crippen LogP contribution >= 0.6 is 0 Å². The number of aliphatic imine (C=N–C) groups is 1. The molecule has 7 nitrogen and oxygen atoms in total. The number of rotatable bonds is 10. The number of hydrogen-bond acceptors (Lipinski definition) is 5. The molecular formula is C24H41N5O2. The number of benzene rings is 1. The predicted molar refractivity (Wildman–Crippen MR) is 126 cm³/mol. The van der Waals surface area contributed by atoms with E-state index in [1.807, 2.05) is 0 Å². The number of guanidine groups is 1. The number of nitrogens with one attached hydrogen (secondary N) is 2. The van der Waals surface area contributed by atoms with E-state index >= 15 is 0 Å². The summed E-state index contributed by atoms with van der Waals surface area (Å²) in [5, 5.41) is 17.5. The fourth-order valence-corrected chi connectivity index (χ4v) is 4.51. The van der Waals surface area contributed by atoms with Crippen molar-refractivity contribution in [3.8, 4) is 0 Å². The summed E-state index contributed by atoms with van der Waals surface area (Å²) in [4.78, 5) is 9.54. The van der Waals surface area contributed by atoms with Gasteiger partial charge in [0, 0.05) is 65.6 Å². The molecule has 1 saturated heterocycles. The summed E-state index contributed by atoms with van der Waals surface area (Å²) in [5.41, 5.74) is 2.82. The Morgan fingerprint density at radius 3 is 2.71 bits per heavy atom. The lowest BCUT2D eigenvalue weighted by Gasteiger charge is -2.33. The van der Waals surface area contributed by atoms with Gasteiger partial charge in [0.25, 0.3) is 0 Å². The van der Waals surface area contributed by atoms with Gasteiger partial charge in [-0.2, -0.15) is 0 Å². The molecule has 0 aliphatic carbocycles. The fraction of sp³-hybridized carbons (Fsp3) is 0.708. The molecule has 0 spiro atoms. The lowest BCUT2D eigenvalue weighted by Crippen LogP contribution is -2.49. The van der Waals surface area contributed by atoms with Crippen LogP contribution in [-0.4, -0.2) is 92.5 Å². The molecule has 0 bridgehead atoms. The number of methoxy groups -OCH3 is 1. The molecule has 0 amide bonds. The first kappa shape index (κ1) is 24.0. The van der Waals surface area contributed by atoms with Gasteiger partial charge >= 0.3 is 0 Å². The first-order valence-electron chi connectivity index (χ1n) is 11.9. The third-order valence-corrected chi connectivity index (χ3v) is 6.23. The number of aliphatic hydroxyl groups excluding tert-OH is 1. The Bertz CT molecular complexity index is 676. The Balaban J connectivity index is 1.41. The SMILES string of the molecule is CCNC(=NCC(O)CN1CCc2ccccc2C1)NC1CCN(CCCOC)CC1. The van der Waals surface area contributed by atoms with Crippen LogP contribution in [0.5, 0.6) is 0 Å². The monoisotopic (exact) mass is 431 g/mol. The third-order valence-electron chi connectivity index (χ3n) is 6.23. The Morgan fingerprint density at radius 2 is 1.97 bits per heavy atom. The van der Waals surface area contributed by atoms with Crippen LogP contribution in [0, 0.1) is 0 Å². The van der Waals surface area contributed by atoms with Crippen LogP contribution in [0.3, 0.4) is 0 Å². The number of piperidine rings is 1. The summed E-state index contributed by atoms with van der Waals surface area (Å²) in [6.07, 6.45) is 3.93. The highest BCUT2D eigenvalue weighted by Crippen LogP contribution is 2.18. The van der Waals surface area contributed by atoms with E-state index in [4.69, 9.17) is 4.74 Å². The summed E-state index contributed by atoms with van der Waals surface area (Å²) < 4.78 is 5.16. The Hall–Kier alpha value is -1.67. The van der Waals surface area contributed by atoms with Crippen molar-refractivity contribution in [2.45, 2.75) is 51.3 Å². The maximum absolute atomic E-state index is 10.6. The largest absolute Gasteiger partial charge is 0.390 e. The minimum absolute atomic E-state index is 0.420. The van der Waals surface area contributed by atoms with E-state index in [9.17, 15) is 5.11 Å². The van der Waals surface area contributed by atoms with Crippen molar-refractivity contribution in [2.75, 3.05) is 59.5 Å². The normalized spacial score (nSPS) is 19.8. The van der Waals surface area contributed by atoms with Gasteiger partial charge in [-0.05, 0) is 43.7 Å². The standard InChI is InChI=1S/C24H41N5O2/c1-3-25-24(27-22-10-14-28(15-11-22)12-6-16-31-2)26-17-23(30)19-29-13-9-20-7-4-5-8-21(20)18-29/h4-5,7-8,22-23,30H,3,6,9-19H2,1-2H3,(H2,25,26,27). The predicted octanol–water partition coefficient (Wildman–Crippen LogP) is 1.46. The molecule has 1 aromatic carbocycles. The second-order valence-corrected chi connectivity index (χ2v) is 8.73. The van der Waals surface area contributed by atoms with Crippen LogP contribution in [0.1, 0.15) is 37.3 Å². The van der Waals surface area contributed by atoms with Crippen molar-refractivity contribution in [1.82, 2.24) is 20.4 Å². The zero-order chi connectivity index (χ0) is 21.9. The van der Waals surface area contributed by atoms with Gasteiger partial charge in [-0.3, -0.25) is 9.89 Å². The van der Waals surface area contributed by atoms with E-state index in [0.29, 0.717) is 19.1 Å². The molecule has 3 rings (SSSR count). The quantitative estimate of drug-likeness (QED) is 0.296. The molecule has 0 aromatic heterocycles. The Kier molecular flexibility index (Phi) is 10.1. The maximum atomic E-state index is 10.6. The van der Waals surface area contributed by atoms with Crippen LogP contribution < -0.4 is 10.6 Å². The molecule has 2 heterocycles. The molecular weight excluding hydrogens is 390 g/mol. The van der Waals surface area contributed by atoms with E-state index in [1.165, 1.54) is 11.1 Å². The number of β-amino-alcohol motifs (C(OH)–C–C–N with tert-alkyl or cyclic N) is 1. The smallest absolute Gasteiger partial charge is 0.191 e. The van der Waals surface area contributed by atoms with E-state index in [2.05, 4.69) is 56.6 Å². The van der Waals surface area contributed by atoms with Crippen molar-refractivity contribution >= 4 is 5.96 Å². The van der Waals surface area contributed by atoms with Crippen LogP contribution in [0.25, 0.3) is 0 Å². The molecule has 3 N–H and O–H groups in total. The second kappa shape index (κ2) is 13.0. The zero-order valence-electron chi connectivity index (χ0n) is 19.4. The number of hydrogen-bond donors (Lipinski definition) is 3. The average Bonchev–Trinajstić information content (AvgIpc) is 2.79. The number of likely N-dealkylation sites (tertiary alicyclic amines) is 1. The molecule has 1 aromatic rings. The van der Waals surface area contributed by atoms with Crippen molar-refractivity contribution in [2.24, 2.45) is 4.99 Å². The van der Waals surface area contributed by atoms with Gasteiger partial charge in [0.1, 0.15) is 0 Å². The number of nitrogens with zero attached hydrogens (tertiary/aromatic N) is 3. The fourth-order valence-electron chi connectivity index (χ4n) is 4.51. The first-order chi connectivity index (χ1) is 15.2. The van der Waals surface area contributed by atoms with Gasteiger partial charge in [-0.25, -0.2) is 0 Å². The van der Waals surface area contributed by atoms with Gasteiger partial charge in [0.05, 0.1) is 12.6 Å². The minimum Gasteiger partial charge on any atom is -0.390 e. The van der Waals surface area contributed by atoms with Crippen molar-refractivity contribution < 1.29 is 9.84 Å². The molecule has 0 radical (unpaired) electrons. The molecule has 1 unspecified atom stereocenters. The van der Waals surface area contributed by atoms with Crippen LogP contribution in [0.4, 0.5) is 0 Å². The van der Waals surface area contributed by atoms with Crippen molar-refractivity contribution in [3.63, 3.8) is 0 Å². The summed E-state index contributed by atoms with van der Waals surface area (Å²) >= 11 is 0. The highest BCUT2D eigenvalue weighted by atomic mass is 16.5. The molecule has 31 heavy (non-hydrogen) atoms. The molecule has 1 fully saturated rings. The van der Waals surface area contributed by atoms with Crippen LogP contribution in [0.2, 0.25) is 0 Å². The van der Waals surface area contributed by atoms with E-state index < -0.39 is 6.10 Å². The lowest BCUT2D eigenvalue weighted by molar-refractivity contribution is 0.111.